The summed E-state index contributed by atoms with van der Waals surface area (Å²) in [6, 6.07) is 89.2. The van der Waals surface area contributed by atoms with Gasteiger partial charge in [-0.3, -0.25) is 0 Å². The summed E-state index contributed by atoms with van der Waals surface area (Å²) >= 11 is 0. The van der Waals surface area contributed by atoms with Crippen molar-refractivity contribution >= 4 is 60.4 Å². The average Bonchev–Trinajstić information content (AvgIpc) is 3.84. The molecule has 2 nitrogen and oxygen atoms in total. The van der Waals surface area contributed by atoms with Gasteiger partial charge in [0.2, 0.25) is 0 Å². The number of hydrogen-bond donors (Lipinski definition) is 0. The highest BCUT2D eigenvalue weighted by molar-refractivity contribution is 6.21. The van der Waals surface area contributed by atoms with E-state index in [2.05, 4.69) is 266 Å². The molecule has 0 aliphatic heterocycles. The van der Waals surface area contributed by atoms with E-state index in [1.165, 1.54) is 99.0 Å². The zero-order valence-corrected chi connectivity index (χ0v) is 37.5. The van der Waals surface area contributed by atoms with Crippen LogP contribution in [0.5, 0.6) is 0 Å². The van der Waals surface area contributed by atoms with Crippen molar-refractivity contribution in [3.63, 3.8) is 0 Å². The third-order valence-corrected chi connectivity index (χ3v) is 14.4. The van der Waals surface area contributed by atoms with Crippen molar-refractivity contribution in [3.8, 4) is 50.2 Å². The molecule has 0 saturated carbocycles. The van der Waals surface area contributed by atoms with Gasteiger partial charge in [0.05, 0.1) is 11.0 Å². The van der Waals surface area contributed by atoms with Crippen LogP contribution in [-0.4, -0.2) is 4.57 Å². The van der Waals surface area contributed by atoms with Crippen LogP contribution < -0.4 is 4.90 Å². The number of nitrogens with zero attached hydrogens (tertiary/aromatic N) is 2. The molecule has 0 N–H and O–H groups in total. The predicted molar refractivity (Wildman–Crippen MR) is 284 cm³/mol. The Labute approximate surface area is 391 Å². The van der Waals surface area contributed by atoms with E-state index in [1.807, 2.05) is 0 Å². The van der Waals surface area contributed by atoms with Gasteiger partial charge >= 0.3 is 0 Å². The van der Waals surface area contributed by atoms with Crippen LogP contribution in [0.3, 0.4) is 0 Å². The maximum atomic E-state index is 2.47. The highest BCUT2D eigenvalue weighted by Crippen LogP contribution is 2.51. The van der Waals surface area contributed by atoms with Crippen LogP contribution in [0.2, 0.25) is 0 Å². The van der Waals surface area contributed by atoms with E-state index in [1.54, 1.807) is 0 Å². The van der Waals surface area contributed by atoms with Crippen LogP contribution in [0.25, 0.3) is 93.5 Å². The average molecular weight is 855 g/mol. The molecule has 316 valence electrons. The molecule has 1 aliphatic rings. The number of fused-ring (bicyclic) bond motifs is 8. The molecule has 2 heteroatoms. The van der Waals surface area contributed by atoms with Crippen molar-refractivity contribution in [2.24, 2.45) is 0 Å². The highest BCUT2D eigenvalue weighted by Gasteiger charge is 2.35. The molecule has 0 fully saturated rings. The van der Waals surface area contributed by atoms with E-state index in [0.717, 1.165) is 22.7 Å². The molecule has 1 aliphatic carbocycles. The molecule has 0 spiro atoms. The second-order valence-corrected chi connectivity index (χ2v) is 18.5. The lowest BCUT2D eigenvalue weighted by molar-refractivity contribution is 0.660. The summed E-state index contributed by atoms with van der Waals surface area (Å²) in [5.41, 5.74) is 19.7. The van der Waals surface area contributed by atoms with Crippen LogP contribution in [-0.2, 0) is 5.41 Å². The van der Waals surface area contributed by atoms with Gasteiger partial charge in [-0.15, -0.1) is 0 Å². The van der Waals surface area contributed by atoms with Crippen LogP contribution >= 0.6 is 0 Å². The second kappa shape index (κ2) is 15.3. The molecule has 0 bridgehead atoms. The zero-order valence-electron chi connectivity index (χ0n) is 37.5. The van der Waals surface area contributed by atoms with Gasteiger partial charge in [0.15, 0.2) is 0 Å². The standard InChI is InChI=1S/C65H46N2/c1-65(2)59-27-15-13-21-51(59)52-39-33-46(42-60(52)65)64-56-25-11-9-23-54(56)63(55-24-10-12-26-57(55)64)44-31-37-50(38-32-44)67-61-28-16-14-22-53(61)58-41-45(34-40-62(58)67)43-29-35-49(36-30-43)66(47-17-5-3-6-18-47)48-19-7-4-8-20-48/h3-42H,1-2H3. The van der Waals surface area contributed by atoms with Crippen molar-refractivity contribution in [1.82, 2.24) is 4.57 Å². The lowest BCUT2D eigenvalue weighted by atomic mass is 9.80. The van der Waals surface area contributed by atoms with Gasteiger partial charge < -0.3 is 9.47 Å². The fourth-order valence-corrected chi connectivity index (χ4v) is 11.2. The van der Waals surface area contributed by atoms with Crippen molar-refractivity contribution in [2.45, 2.75) is 19.3 Å². The molecule has 0 saturated heterocycles. The largest absolute Gasteiger partial charge is 0.311 e. The molecule has 1 aromatic heterocycles. The van der Waals surface area contributed by atoms with E-state index >= 15 is 0 Å². The lowest BCUT2D eigenvalue weighted by Crippen LogP contribution is -2.14. The molecule has 67 heavy (non-hydrogen) atoms. The van der Waals surface area contributed by atoms with Gasteiger partial charge in [-0.25, -0.2) is 0 Å². The minimum absolute atomic E-state index is 0.0743. The van der Waals surface area contributed by atoms with Crippen LogP contribution in [0, 0.1) is 0 Å². The molecule has 13 rings (SSSR count). The fraction of sp³-hybridized carbons (Fsp3) is 0.0462. The fourth-order valence-electron chi connectivity index (χ4n) is 11.2. The maximum absolute atomic E-state index is 2.47. The number of rotatable bonds is 7. The van der Waals surface area contributed by atoms with Gasteiger partial charge in [0, 0.05) is 38.9 Å². The van der Waals surface area contributed by atoms with E-state index < -0.39 is 0 Å². The number of anilines is 3. The SMILES string of the molecule is CC1(C)c2ccccc2-c2ccc(-c3c4ccccc4c(-c4ccc(-n5c6ccccc6c6cc(-c7ccc(N(c8ccccc8)c8ccccc8)cc7)ccc65)cc4)c4ccccc34)cc21. The van der Waals surface area contributed by atoms with E-state index in [-0.39, 0.29) is 5.41 Å². The first kappa shape index (κ1) is 39.0. The van der Waals surface area contributed by atoms with Crippen LogP contribution in [0.1, 0.15) is 25.0 Å². The second-order valence-electron chi connectivity index (χ2n) is 18.5. The third-order valence-electron chi connectivity index (χ3n) is 14.4. The molecule has 12 aromatic rings. The summed E-state index contributed by atoms with van der Waals surface area (Å²) in [5, 5.41) is 7.54. The lowest BCUT2D eigenvalue weighted by Gasteiger charge is -2.25. The number of aromatic nitrogens is 1. The van der Waals surface area contributed by atoms with Crippen LogP contribution in [0.4, 0.5) is 17.1 Å². The number of para-hydroxylation sites is 3. The Morgan fingerprint density at radius 3 is 1.42 bits per heavy atom. The highest BCUT2D eigenvalue weighted by atomic mass is 15.1. The smallest absolute Gasteiger partial charge is 0.0541 e. The molecular weight excluding hydrogens is 809 g/mol. The number of benzene rings is 11. The maximum Gasteiger partial charge on any atom is 0.0541 e. The molecular formula is C65H46N2. The molecule has 11 aromatic carbocycles. The van der Waals surface area contributed by atoms with Crippen molar-refractivity contribution in [1.29, 1.82) is 0 Å². The van der Waals surface area contributed by atoms with Crippen molar-refractivity contribution in [3.05, 3.63) is 254 Å². The summed E-state index contributed by atoms with van der Waals surface area (Å²) in [6.07, 6.45) is 0. The van der Waals surface area contributed by atoms with Crippen molar-refractivity contribution < 1.29 is 0 Å². The Hall–Kier alpha value is -8.46. The molecule has 0 radical (unpaired) electrons. The van der Waals surface area contributed by atoms with E-state index in [4.69, 9.17) is 0 Å². The van der Waals surface area contributed by atoms with Gasteiger partial charge in [-0.2, -0.15) is 0 Å². The van der Waals surface area contributed by atoms with Gasteiger partial charge in [-0.05, 0) is 150 Å². The normalized spacial score (nSPS) is 12.7. The summed E-state index contributed by atoms with van der Waals surface area (Å²) in [5.74, 6) is 0. The van der Waals surface area contributed by atoms with Gasteiger partial charge in [0.1, 0.15) is 0 Å². The van der Waals surface area contributed by atoms with Crippen molar-refractivity contribution in [2.75, 3.05) is 4.90 Å². The predicted octanol–water partition coefficient (Wildman–Crippen LogP) is 17.9. The molecule has 0 atom stereocenters. The Balaban J connectivity index is 0.888. The number of hydrogen-bond acceptors (Lipinski definition) is 1. The van der Waals surface area contributed by atoms with E-state index in [9.17, 15) is 0 Å². The summed E-state index contributed by atoms with van der Waals surface area (Å²) in [4.78, 5) is 2.31. The Bertz CT molecular complexity index is 3760. The molecule has 0 amide bonds. The Morgan fingerprint density at radius 1 is 0.313 bits per heavy atom. The third kappa shape index (κ3) is 6.18. The molecule has 0 unspecified atom stereocenters. The quantitative estimate of drug-likeness (QED) is 0.145. The summed E-state index contributed by atoms with van der Waals surface area (Å²) in [6.45, 7) is 4.74. The van der Waals surface area contributed by atoms with E-state index in [0.29, 0.717) is 0 Å². The van der Waals surface area contributed by atoms with Crippen LogP contribution in [0.15, 0.2) is 243 Å². The Morgan fingerprint density at radius 2 is 0.776 bits per heavy atom. The Kier molecular flexibility index (Phi) is 8.91. The molecule has 1 heterocycles. The first-order valence-corrected chi connectivity index (χ1v) is 23.3. The van der Waals surface area contributed by atoms with Gasteiger partial charge in [0.25, 0.3) is 0 Å². The first-order valence-electron chi connectivity index (χ1n) is 23.3. The monoisotopic (exact) mass is 854 g/mol. The van der Waals surface area contributed by atoms with Gasteiger partial charge in [-0.1, -0.05) is 184 Å². The minimum atomic E-state index is -0.0743. The topological polar surface area (TPSA) is 8.17 Å². The summed E-state index contributed by atoms with van der Waals surface area (Å²) in [7, 11) is 0. The minimum Gasteiger partial charge on any atom is -0.311 e. The zero-order chi connectivity index (χ0) is 44.6. The first-order chi connectivity index (χ1) is 33.0. The summed E-state index contributed by atoms with van der Waals surface area (Å²) < 4.78 is 2.42.